The van der Waals surface area contributed by atoms with E-state index in [9.17, 15) is 10.0 Å². The average Bonchev–Trinajstić information content (AvgIpc) is 2.35. The van der Waals surface area contributed by atoms with E-state index in [1.165, 1.54) is 25.4 Å². The van der Waals surface area contributed by atoms with Crippen molar-refractivity contribution in [3.63, 3.8) is 0 Å². The quantitative estimate of drug-likeness (QED) is 0.547. The zero-order valence-electron chi connectivity index (χ0n) is 8.96. The summed E-state index contributed by atoms with van der Waals surface area (Å²) in [6.07, 6.45) is 1.41. The topological polar surface area (TPSA) is 82.9 Å². The zero-order chi connectivity index (χ0) is 12.0. The molecule has 0 unspecified atom stereocenters. The Morgan fingerprint density at radius 1 is 1.62 bits per heavy atom. The lowest BCUT2D eigenvalue weighted by atomic mass is 10.2. The van der Waals surface area contributed by atoms with Gasteiger partial charge in [-0.1, -0.05) is 0 Å². The van der Waals surface area contributed by atoms with Gasteiger partial charge in [0.25, 0.3) is 5.91 Å². The van der Waals surface area contributed by atoms with Crippen molar-refractivity contribution in [2.45, 2.75) is 6.61 Å². The van der Waals surface area contributed by atoms with E-state index in [1.807, 2.05) is 0 Å². The van der Waals surface area contributed by atoms with E-state index >= 15 is 0 Å². The monoisotopic (exact) mass is 226 g/mol. The van der Waals surface area contributed by atoms with E-state index in [0.29, 0.717) is 10.8 Å². The molecular formula is C10H14N2O4. The first kappa shape index (κ1) is 12.6. The second kappa shape index (κ2) is 6.16. The molecule has 88 valence electrons. The summed E-state index contributed by atoms with van der Waals surface area (Å²) in [5.41, 5.74) is 0.656. The number of methoxy groups -OCH3 is 1. The Balaban J connectivity index is 2.71. The highest BCUT2D eigenvalue weighted by Crippen LogP contribution is 2.05. The molecule has 6 heteroatoms. The molecule has 0 aliphatic rings. The summed E-state index contributed by atoms with van der Waals surface area (Å²) in [5.74, 6) is -0.547. The number of carbonyl (C=O) groups is 1. The molecule has 0 bridgehead atoms. The zero-order valence-corrected chi connectivity index (χ0v) is 8.96. The van der Waals surface area contributed by atoms with Gasteiger partial charge < -0.3 is 9.84 Å². The standard InChI is InChI=1S/C10H14N2O4/c1-16-5-4-12(15)10(14)8-2-3-11-9(6-8)7-13/h2-3,6,13,15H,4-5,7H2,1H3. The number of aliphatic hydroxyl groups is 1. The highest BCUT2D eigenvalue weighted by molar-refractivity contribution is 5.93. The number of nitrogens with zero attached hydrogens (tertiary/aromatic N) is 2. The molecule has 0 saturated heterocycles. The van der Waals surface area contributed by atoms with Gasteiger partial charge >= 0.3 is 0 Å². The first-order valence-electron chi connectivity index (χ1n) is 4.74. The highest BCUT2D eigenvalue weighted by atomic mass is 16.5. The van der Waals surface area contributed by atoms with Crippen LogP contribution in [0.1, 0.15) is 16.1 Å². The summed E-state index contributed by atoms with van der Waals surface area (Å²) in [6.45, 7) is 0.0942. The van der Waals surface area contributed by atoms with Crippen molar-refractivity contribution in [2.24, 2.45) is 0 Å². The van der Waals surface area contributed by atoms with Crippen LogP contribution in [0.4, 0.5) is 0 Å². The molecule has 0 aliphatic carbocycles. The number of hydrogen-bond acceptors (Lipinski definition) is 5. The first-order chi connectivity index (χ1) is 7.69. The molecule has 1 heterocycles. The maximum absolute atomic E-state index is 11.6. The van der Waals surface area contributed by atoms with Crippen molar-refractivity contribution in [1.29, 1.82) is 0 Å². The van der Waals surface area contributed by atoms with E-state index in [-0.39, 0.29) is 25.3 Å². The number of pyridine rings is 1. The van der Waals surface area contributed by atoms with Crippen molar-refractivity contribution in [2.75, 3.05) is 20.3 Å². The maximum Gasteiger partial charge on any atom is 0.277 e. The summed E-state index contributed by atoms with van der Waals surface area (Å²) in [6, 6.07) is 2.90. The minimum atomic E-state index is -0.547. The van der Waals surface area contributed by atoms with Crippen molar-refractivity contribution >= 4 is 5.91 Å². The molecule has 0 radical (unpaired) electrons. The third-order valence-corrected chi connectivity index (χ3v) is 1.97. The van der Waals surface area contributed by atoms with E-state index in [4.69, 9.17) is 9.84 Å². The van der Waals surface area contributed by atoms with Crippen LogP contribution in [-0.4, -0.2) is 46.5 Å². The number of hydrogen-bond donors (Lipinski definition) is 2. The number of amides is 1. The van der Waals surface area contributed by atoms with Crippen LogP contribution in [0.15, 0.2) is 18.3 Å². The molecule has 1 aromatic heterocycles. The third-order valence-electron chi connectivity index (χ3n) is 1.97. The molecule has 16 heavy (non-hydrogen) atoms. The lowest BCUT2D eigenvalue weighted by molar-refractivity contribution is -0.0682. The Morgan fingerprint density at radius 2 is 2.38 bits per heavy atom. The summed E-state index contributed by atoms with van der Waals surface area (Å²) in [5, 5.41) is 18.8. The molecule has 0 fully saturated rings. The number of hydroxylamine groups is 2. The fourth-order valence-corrected chi connectivity index (χ4v) is 1.13. The smallest absolute Gasteiger partial charge is 0.277 e. The van der Waals surface area contributed by atoms with Crippen molar-refractivity contribution in [3.8, 4) is 0 Å². The van der Waals surface area contributed by atoms with Gasteiger partial charge in [0.2, 0.25) is 0 Å². The molecule has 2 N–H and O–H groups in total. The Hall–Kier alpha value is -1.50. The Labute approximate surface area is 93.1 Å². The fourth-order valence-electron chi connectivity index (χ4n) is 1.13. The van der Waals surface area contributed by atoms with Crippen LogP contribution in [-0.2, 0) is 11.3 Å². The molecule has 0 saturated carbocycles. The number of aromatic nitrogens is 1. The van der Waals surface area contributed by atoms with Crippen LogP contribution in [0.5, 0.6) is 0 Å². The normalized spacial score (nSPS) is 10.2. The predicted molar refractivity (Wildman–Crippen MR) is 54.9 cm³/mol. The largest absolute Gasteiger partial charge is 0.390 e. The molecule has 1 rings (SSSR count). The van der Waals surface area contributed by atoms with Gasteiger partial charge in [-0.05, 0) is 12.1 Å². The SMILES string of the molecule is COCCN(O)C(=O)c1ccnc(CO)c1. The maximum atomic E-state index is 11.6. The summed E-state index contributed by atoms with van der Waals surface area (Å²) in [4.78, 5) is 15.5. The van der Waals surface area contributed by atoms with Gasteiger partial charge in [0, 0.05) is 18.9 Å². The predicted octanol–water partition coefficient (Wildman–Crippen LogP) is 0.0517. The summed E-state index contributed by atoms with van der Waals surface area (Å²) in [7, 11) is 1.48. The third kappa shape index (κ3) is 3.27. The van der Waals surface area contributed by atoms with Gasteiger partial charge in [-0.15, -0.1) is 0 Å². The number of ether oxygens (including phenoxy) is 1. The van der Waals surface area contributed by atoms with Gasteiger partial charge in [-0.25, -0.2) is 5.06 Å². The van der Waals surface area contributed by atoms with E-state index < -0.39 is 5.91 Å². The Bertz CT molecular complexity index is 356. The molecule has 0 aliphatic heterocycles. The minimum Gasteiger partial charge on any atom is -0.390 e. The highest BCUT2D eigenvalue weighted by Gasteiger charge is 2.13. The van der Waals surface area contributed by atoms with Crippen LogP contribution in [0.3, 0.4) is 0 Å². The first-order valence-corrected chi connectivity index (χ1v) is 4.74. The van der Waals surface area contributed by atoms with Crippen LogP contribution in [0.25, 0.3) is 0 Å². The fraction of sp³-hybridized carbons (Fsp3) is 0.400. The molecule has 0 aromatic carbocycles. The molecule has 0 spiro atoms. The molecule has 1 amide bonds. The number of carbonyl (C=O) groups excluding carboxylic acids is 1. The van der Waals surface area contributed by atoms with Crippen LogP contribution < -0.4 is 0 Å². The minimum absolute atomic E-state index is 0.0894. The van der Waals surface area contributed by atoms with Crippen LogP contribution in [0.2, 0.25) is 0 Å². The molecule has 0 atom stereocenters. The number of aliphatic hydroxyl groups excluding tert-OH is 1. The van der Waals surface area contributed by atoms with E-state index in [0.717, 1.165) is 0 Å². The van der Waals surface area contributed by atoms with Crippen molar-refractivity contribution in [1.82, 2.24) is 10.0 Å². The lowest BCUT2D eigenvalue weighted by Gasteiger charge is -2.14. The Kier molecular flexibility index (Phi) is 4.84. The lowest BCUT2D eigenvalue weighted by Crippen LogP contribution is -2.30. The van der Waals surface area contributed by atoms with Gasteiger partial charge in [-0.2, -0.15) is 0 Å². The van der Waals surface area contributed by atoms with Gasteiger partial charge in [-0.3, -0.25) is 15.0 Å². The van der Waals surface area contributed by atoms with Gasteiger partial charge in [0.1, 0.15) is 0 Å². The second-order valence-electron chi connectivity index (χ2n) is 3.12. The summed E-state index contributed by atoms with van der Waals surface area (Å²) < 4.78 is 4.74. The van der Waals surface area contributed by atoms with Crippen molar-refractivity contribution < 1.29 is 19.8 Å². The summed E-state index contributed by atoms with van der Waals surface area (Å²) >= 11 is 0. The Morgan fingerprint density at radius 3 is 3.00 bits per heavy atom. The number of rotatable bonds is 5. The van der Waals surface area contributed by atoms with Crippen molar-refractivity contribution in [3.05, 3.63) is 29.6 Å². The molecule has 1 aromatic rings. The van der Waals surface area contributed by atoms with E-state index in [1.54, 1.807) is 0 Å². The average molecular weight is 226 g/mol. The molecular weight excluding hydrogens is 212 g/mol. The van der Waals surface area contributed by atoms with Gasteiger partial charge in [0.15, 0.2) is 0 Å². The van der Waals surface area contributed by atoms with Crippen LogP contribution >= 0.6 is 0 Å². The van der Waals surface area contributed by atoms with E-state index in [2.05, 4.69) is 4.98 Å². The second-order valence-corrected chi connectivity index (χ2v) is 3.12. The molecule has 6 nitrogen and oxygen atoms in total. The van der Waals surface area contributed by atoms with Crippen LogP contribution in [0, 0.1) is 0 Å². The van der Waals surface area contributed by atoms with Gasteiger partial charge in [0.05, 0.1) is 25.5 Å².